The molecule has 7 fully saturated rings. The number of aliphatic hydroxyl groups excluding tert-OH is 12. The Bertz CT molecular complexity index is 4850. The number of methoxy groups -OCH3 is 1. The van der Waals surface area contributed by atoms with Crippen LogP contribution in [0.5, 0.6) is 0 Å². The molecule has 150 heavy (non-hydrogen) atoms. The van der Waals surface area contributed by atoms with Crippen LogP contribution in [0.1, 0.15) is 156 Å². The Morgan fingerprint density at radius 1 is 0.480 bits per heavy atom. The molecule has 0 bridgehead atoms. The number of ether oxygens (including phenoxy) is 19. The molecule has 11 rings (SSSR count). The van der Waals surface area contributed by atoms with E-state index in [1.807, 2.05) is 151 Å². The molecule has 36 atom stereocenters. The monoisotopic (exact) mass is 2150 g/mol. The molecule has 4 aromatic carbocycles. The van der Waals surface area contributed by atoms with Gasteiger partial charge in [-0.2, -0.15) is 0 Å². The second kappa shape index (κ2) is 60.0. The largest absolute Gasteiger partial charge is 0.477 e. The van der Waals surface area contributed by atoms with E-state index in [9.17, 15) is 114 Å². The van der Waals surface area contributed by atoms with Gasteiger partial charge < -0.3 is 119 Å². The molecule has 7 aliphatic heterocycles. The first-order valence-electron chi connectivity index (χ1n) is 50.5. The van der Waals surface area contributed by atoms with Gasteiger partial charge in [0.1, 0.15) is 104 Å². The molecule has 2 amide bonds. The third-order valence-electron chi connectivity index (χ3n) is 27.5. The van der Waals surface area contributed by atoms with Crippen molar-refractivity contribution < 1.29 is 204 Å². The van der Waals surface area contributed by atoms with Gasteiger partial charge in [0.05, 0.1) is 46.2 Å². The quantitative estimate of drug-likeness (QED) is 0.0131. The summed E-state index contributed by atoms with van der Waals surface area (Å²) in [5.74, 6) is -11.7. The van der Waals surface area contributed by atoms with Crippen LogP contribution in [0.15, 0.2) is 121 Å². The Morgan fingerprint density at radius 2 is 0.907 bits per heavy atom. The number of amides is 2. The molecule has 7 aliphatic rings. The van der Waals surface area contributed by atoms with Gasteiger partial charge in [0.25, 0.3) is 5.79 Å². The van der Waals surface area contributed by atoms with E-state index in [1.54, 1.807) is 37.8 Å². The Kier molecular flexibility index (Phi) is 49.7. The summed E-state index contributed by atoms with van der Waals surface area (Å²) in [5, 5.41) is 136. The fourth-order valence-corrected chi connectivity index (χ4v) is 21.9. The maximum atomic E-state index is 14.1. The minimum atomic E-state index is -2.77. The fourth-order valence-electron chi connectivity index (χ4n) is 19.1. The number of ketones is 2. The van der Waals surface area contributed by atoms with Gasteiger partial charge in [-0.05, 0) is 48.9 Å². The van der Waals surface area contributed by atoms with E-state index < -0.39 is 263 Å². The number of aliphatic carboxylic acids is 1. The van der Waals surface area contributed by atoms with Crippen LogP contribution < -0.4 is 0 Å². The van der Waals surface area contributed by atoms with Crippen molar-refractivity contribution in [2.75, 3.05) is 59.8 Å². The van der Waals surface area contributed by atoms with Crippen molar-refractivity contribution in [3.05, 3.63) is 144 Å². The van der Waals surface area contributed by atoms with Gasteiger partial charge in [0, 0.05) is 58.3 Å². The van der Waals surface area contributed by atoms with Crippen LogP contribution in [0, 0.1) is 23.7 Å². The Morgan fingerprint density at radius 3 is 1.37 bits per heavy atom. The van der Waals surface area contributed by atoms with Crippen LogP contribution in [0.2, 0.25) is 0 Å². The van der Waals surface area contributed by atoms with E-state index in [0.717, 1.165) is 35.7 Å². The molecular formula is C100H144B4N2O42P2. The maximum absolute atomic E-state index is 14.1. The van der Waals surface area contributed by atoms with Crippen molar-refractivity contribution in [1.29, 1.82) is 0 Å². The third-order valence-corrected chi connectivity index (χ3v) is 30.4. The molecule has 50 heteroatoms. The summed E-state index contributed by atoms with van der Waals surface area (Å²) in [6.07, 6.45) is -43.1. The molecule has 0 spiro atoms. The second-order valence-corrected chi connectivity index (χ2v) is 41.6. The number of carboxylic acids is 1. The molecule has 828 valence electrons. The third kappa shape index (κ3) is 33.9. The minimum Gasteiger partial charge on any atom is -0.477 e. The standard InChI is InChI=1S/C57H83B4NO19P2.C43H61NO23/c1-12-33(3)44-50(82-60-58-68)36(6)46(74-37(7)63)52(77-44)79-48-49(75-38(8)64)53(78-45(34(4)13-2)51(48)83-61-59-69)76-43-35(5)29-57(54(66)70-11,81-47(43)42-32-73-56(9,10)80-42)72-28-26-41(65)25-20-27-62(30-39-21-16-14-17-22-39)55(67)71-31-40-23-18-15-19-24-40;45-18-26(50)34-30(54)29(53)31(55)39(63-34)66-38-32(56)35(27(51)19-46)64-40(33(38)57)65-36-25(49)16-43(41(58)59,67-37(36)28(52)20-47)62-15-13-24(48)12-7-14-44(17-22-8-3-1-4-9-22)42(60)61-21-23-10-5-2-6-11-23/h14-19,21-24,33-36,42-53,82-83H,12-13,20,25-32H2,1-11H3;1-6,8-11,25-40,45-47,49-57H,7,12-21H2,(H,58,59)/t33-,34-,35+,36?,42+,43+,44-,45?,46?,47?,48+,49?,50-,51+,52+,53-,57+;25-,26+,27+,28-,29?,30+,31?,32-,33?,34+,35?,36-,37?,38+,39-,40-,43-/m01/s1. The smallest absolute Gasteiger partial charge is 0.410 e. The van der Waals surface area contributed by atoms with E-state index in [1.165, 1.54) is 32.7 Å². The van der Waals surface area contributed by atoms with Gasteiger partial charge in [-0.3, -0.25) is 9.59 Å². The van der Waals surface area contributed by atoms with E-state index >= 15 is 0 Å². The zero-order valence-corrected chi connectivity index (χ0v) is 87.9. The van der Waals surface area contributed by atoms with Gasteiger partial charge in [0.15, 0.2) is 12.6 Å². The topological polar surface area (TPSA) is 616 Å². The molecule has 44 nitrogen and oxygen atoms in total. The summed E-state index contributed by atoms with van der Waals surface area (Å²) >= 11 is 0. The van der Waals surface area contributed by atoms with Crippen molar-refractivity contribution in [2.45, 2.75) is 348 Å². The number of carboxylic acid groups (broad SMARTS) is 1. The van der Waals surface area contributed by atoms with Crippen molar-refractivity contribution >= 4 is 92.4 Å². The van der Waals surface area contributed by atoms with E-state index in [0.29, 0.717) is 19.9 Å². The number of carbonyl (C=O) groups is 8. The molecule has 0 aromatic heterocycles. The Labute approximate surface area is 877 Å². The number of hydrogen-bond donors (Lipinski definition) is 13. The number of esters is 3. The second-order valence-electron chi connectivity index (χ2n) is 38.9. The van der Waals surface area contributed by atoms with Crippen molar-refractivity contribution in [2.24, 2.45) is 23.7 Å². The van der Waals surface area contributed by atoms with E-state index in [2.05, 4.69) is 0 Å². The van der Waals surface area contributed by atoms with Crippen molar-refractivity contribution in [3.8, 4) is 0 Å². The SMILES string of the molecule is CC[C@H](C)C1O[C@H](O[C@H]2C([C@H]3COC(C)(C)O3)O[C@@](OCCC(=O)CCCN(Cc3ccccc3)C(=O)OCc3ccccc3)(C(=O)OC)C[C@H]2C)C(OC(C)=O)[C@@H](O[C@H]2O[C@@H]([C@@H](C)CC)[C@@H](P[B]B=O)C(C)C2OC(C)=O)[C@@H]1P[B]B=O.O=C(CCCN(Cc1ccccc1)C(=O)OCc1ccccc1)CCO[C@]1(C(=O)O)C[C@@H](O)[C@@H](O[C@H]2OC([C@@H](O)CO)[C@@H](O)[C@H](O[C@H]3O[C@@H]([C@@H](O)CO)[C@@H](O)C(O)C3O)C2O)C([C@H](O)CO)O1. The summed E-state index contributed by atoms with van der Waals surface area (Å²) in [5.41, 5.74) is 2.51. The molecule has 7 saturated heterocycles. The molecule has 4 aromatic rings. The first kappa shape index (κ1) is 124. The molecule has 7 heterocycles. The average Bonchev–Trinajstić information content (AvgIpc) is 1.11. The van der Waals surface area contributed by atoms with Crippen molar-refractivity contribution in [3.63, 3.8) is 0 Å². The maximum Gasteiger partial charge on any atom is 0.410 e. The molecule has 0 aliphatic carbocycles. The normalized spacial score (nSPS) is 32.3. The van der Waals surface area contributed by atoms with Gasteiger partial charge in [-0.25, -0.2) is 19.2 Å². The Balaban J connectivity index is 0.000000313. The van der Waals surface area contributed by atoms with Crippen LogP contribution in [0.3, 0.4) is 0 Å². The zero-order valence-electron chi connectivity index (χ0n) is 85.9. The molecule has 13 N–H and O–H groups in total. The van der Waals surface area contributed by atoms with Gasteiger partial charge in [0.2, 0.25) is 0 Å². The summed E-state index contributed by atoms with van der Waals surface area (Å²) in [6, 6.07) is 37.0. The molecule has 0 saturated carbocycles. The van der Waals surface area contributed by atoms with E-state index in [4.69, 9.17) is 90.0 Å². The number of nitrogens with zero attached hydrogens (tertiary/aromatic N) is 2. The van der Waals surface area contributed by atoms with Crippen LogP contribution in [-0.4, -0.2) is 400 Å². The fraction of sp³-hybridized carbons (Fsp3) is 0.680. The zero-order chi connectivity index (χ0) is 109. The van der Waals surface area contributed by atoms with E-state index in [-0.39, 0.29) is 137 Å². The minimum absolute atomic E-state index is 0.00416. The molecular weight excluding hydrogens is 2010 g/mol. The summed E-state index contributed by atoms with van der Waals surface area (Å²) in [6.45, 7) is 17.9. The number of benzene rings is 4. The van der Waals surface area contributed by atoms with Crippen molar-refractivity contribution in [1.82, 2.24) is 9.80 Å². The van der Waals surface area contributed by atoms with Crippen LogP contribution >= 0.6 is 16.9 Å². The average molecular weight is 2150 g/mol. The number of carbonyl (C=O) groups excluding carboxylic acids is 7. The number of hydrogen-bond acceptors (Lipinski definition) is 41. The summed E-state index contributed by atoms with van der Waals surface area (Å²) < 4.78 is 140. The predicted molar refractivity (Wildman–Crippen MR) is 532 cm³/mol. The predicted octanol–water partition coefficient (Wildman–Crippen LogP) is 2.70. The summed E-state index contributed by atoms with van der Waals surface area (Å²) in [4.78, 5) is 109. The first-order valence-corrected chi connectivity index (χ1v) is 52.8. The van der Waals surface area contributed by atoms with Gasteiger partial charge >= 0.3 is 336 Å². The van der Waals surface area contributed by atoms with Gasteiger partial charge in [-0.15, -0.1) is 0 Å². The number of aliphatic hydroxyl groups is 12. The first-order chi connectivity index (χ1) is 71.6. The molecule has 2 radical (unpaired) electrons. The summed E-state index contributed by atoms with van der Waals surface area (Å²) in [7, 11) is 2.51. The Hall–Kier alpha value is -7.68. The van der Waals surface area contributed by atoms with Crippen LogP contribution in [-0.2, 0) is 154 Å². The molecule has 12 unspecified atom stereocenters. The van der Waals surface area contributed by atoms with Crippen LogP contribution in [0.4, 0.5) is 9.59 Å². The number of rotatable bonds is 53. The number of Topliss-reactive ketones (excluding diaryl/α,β-unsaturated/α-hetero) is 2. The van der Waals surface area contributed by atoms with Crippen LogP contribution in [0.25, 0.3) is 0 Å². The van der Waals surface area contributed by atoms with Gasteiger partial charge in [-0.1, -0.05) is 121 Å².